The molecular weight excluding hydrogens is 374 g/mol. The predicted octanol–water partition coefficient (Wildman–Crippen LogP) is 2.86. The van der Waals surface area contributed by atoms with Gasteiger partial charge < -0.3 is 5.32 Å². The fourth-order valence-corrected chi connectivity index (χ4v) is 4.43. The minimum absolute atomic E-state index is 0.180. The Morgan fingerprint density at radius 1 is 1.33 bits per heavy atom. The first-order valence-corrected chi connectivity index (χ1v) is 9.55. The van der Waals surface area contributed by atoms with Gasteiger partial charge in [-0.15, -0.1) is 11.3 Å². The van der Waals surface area contributed by atoms with Crippen LogP contribution in [0.25, 0.3) is 0 Å². The van der Waals surface area contributed by atoms with E-state index in [2.05, 4.69) is 31.0 Å². The Morgan fingerprint density at radius 3 is 2.81 bits per heavy atom. The number of halogens is 1. The zero-order valence-corrected chi connectivity index (χ0v) is 14.7. The first kappa shape index (κ1) is 16.4. The van der Waals surface area contributed by atoms with Crippen molar-refractivity contribution < 1.29 is 8.42 Å². The lowest BCUT2D eigenvalue weighted by molar-refractivity contribution is 0.582. The van der Waals surface area contributed by atoms with Gasteiger partial charge in [0.15, 0.2) is 0 Å². The van der Waals surface area contributed by atoms with Gasteiger partial charge in [0, 0.05) is 24.2 Å². The van der Waals surface area contributed by atoms with Crippen molar-refractivity contribution in [3.8, 4) is 0 Å². The number of anilines is 1. The topological polar surface area (TPSA) is 71.1 Å². The zero-order chi connectivity index (χ0) is 15.3. The van der Waals surface area contributed by atoms with Crippen molar-refractivity contribution in [1.82, 2.24) is 9.71 Å². The molecule has 0 aliphatic rings. The molecular formula is C13H16BrN3O2S2. The first-order valence-electron chi connectivity index (χ1n) is 6.45. The van der Waals surface area contributed by atoms with Gasteiger partial charge in [0.2, 0.25) is 10.0 Å². The van der Waals surface area contributed by atoms with Crippen LogP contribution in [0.3, 0.4) is 0 Å². The summed E-state index contributed by atoms with van der Waals surface area (Å²) >= 11 is 4.99. The Morgan fingerprint density at radius 2 is 2.14 bits per heavy atom. The highest BCUT2D eigenvalue weighted by Gasteiger charge is 2.18. The Labute approximate surface area is 137 Å². The molecule has 2 N–H and O–H groups in total. The summed E-state index contributed by atoms with van der Waals surface area (Å²) in [6, 6.07) is 7.11. The molecule has 0 amide bonds. The molecule has 0 saturated carbocycles. The van der Waals surface area contributed by atoms with Gasteiger partial charge in [0.1, 0.15) is 10.7 Å². The maximum absolute atomic E-state index is 12.3. The van der Waals surface area contributed by atoms with Crippen molar-refractivity contribution in [1.29, 1.82) is 0 Å². The number of hydrogen-bond acceptors (Lipinski definition) is 5. The van der Waals surface area contributed by atoms with Crippen LogP contribution in [-0.2, 0) is 16.4 Å². The minimum Gasteiger partial charge on any atom is -0.369 e. The summed E-state index contributed by atoms with van der Waals surface area (Å²) < 4.78 is 28.3. The van der Waals surface area contributed by atoms with E-state index in [1.165, 1.54) is 0 Å². The third-order valence-electron chi connectivity index (χ3n) is 2.70. The zero-order valence-electron chi connectivity index (χ0n) is 11.5. The van der Waals surface area contributed by atoms with Gasteiger partial charge in [-0.1, -0.05) is 0 Å². The van der Waals surface area contributed by atoms with Gasteiger partial charge in [0.25, 0.3) is 0 Å². The van der Waals surface area contributed by atoms with Gasteiger partial charge in [-0.25, -0.2) is 18.1 Å². The van der Waals surface area contributed by atoms with E-state index in [1.807, 2.05) is 19.1 Å². The number of aromatic nitrogens is 1. The van der Waals surface area contributed by atoms with Crippen LogP contribution in [0.15, 0.2) is 39.1 Å². The third kappa shape index (κ3) is 4.50. The Balaban J connectivity index is 2.04. The number of rotatable bonds is 7. The fraction of sp³-hybridized carbons (Fsp3) is 0.308. The molecule has 0 atom stereocenters. The molecule has 8 heteroatoms. The van der Waals surface area contributed by atoms with Crippen LogP contribution in [0.4, 0.5) is 5.82 Å². The van der Waals surface area contributed by atoms with Crippen molar-refractivity contribution >= 4 is 43.1 Å². The van der Waals surface area contributed by atoms with Gasteiger partial charge >= 0.3 is 0 Å². The van der Waals surface area contributed by atoms with E-state index in [-0.39, 0.29) is 4.90 Å². The number of pyridine rings is 1. The lowest BCUT2D eigenvalue weighted by Gasteiger charge is -2.10. The Hall–Kier alpha value is -0.960. The van der Waals surface area contributed by atoms with E-state index >= 15 is 0 Å². The molecule has 21 heavy (non-hydrogen) atoms. The lowest BCUT2D eigenvalue weighted by Crippen LogP contribution is -2.27. The standard InChI is InChI=1S/C13H16BrN3O2S2/c1-2-15-13-11(4-3-8-16-13)21(18,19)17-9-7-10-5-6-12(14)20-10/h3-6,8,17H,2,7,9H2,1H3,(H,15,16). The molecule has 0 fully saturated rings. The lowest BCUT2D eigenvalue weighted by atomic mass is 10.3. The van der Waals surface area contributed by atoms with Gasteiger partial charge in [-0.05, 0) is 53.5 Å². The Bertz CT molecular complexity index is 701. The van der Waals surface area contributed by atoms with Crippen LogP contribution in [0.1, 0.15) is 11.8 Å². The van der Waals surface area contributed by atoms with E-state index in [9.17, 15) is 8.42 Å². The summed E-state index contributed by atoms with van der Waals surface area (Å²) in [5.41, 5.74) is 0. The normalized spacial score (nSPS) is 11.5. The van der Waals surface area contributed by atoms with Crippen molar-refractivity contribution in [2.75, 3.05) is 18.4 Å². The van der Waals surface area contributed by atoms with E-state index in [0.717, 1.165) is 8.66 Å². The number of thiophene rings is 1. The molecule has 2 aromatic rings. The molecule has 0 aliphatic heterocycles. The largest absolute Gasteiger partial charge is 0.369 e. The molecule has 2 aromatic heterocycles. The average Bonchev–Trinajstić information content (AvgIpc) is 2.85. The molecule has 5 nitrogen and oxygen atoms in total. The molecule has 0 aliphatic carbocycles. The van der Waals surface area contributed by atoms with Crippen LogP contribution < -0.4 is 10.0 Å². The maximum Gasteiger partial charge on any atom is 0.244 e. The van der Waals surface area contributed by atoms with Crippen molar-refractivity contribution in [3.05, 3.63) is 39.1 Å². The molecule has 114 valence electrons. The molecule has 0 radical (unpaired) electrons. The number of sulfonamides is 1. The van der Waals surface area contributed by atoms with Gasteiger partial charge in [0.05, 0.1) is 3.79 Å². The van der Waals surface area contributed by atoms with Crippen LogP contribution in [-0.4, -0.2) is 26.5 Å². The highest BCUT2D eigenvalue weighted by molar-refractivity contribution is 9.11. The summed E-state index contributed by atoms with van der Waals surface area (Å²) in [5.74, 6) is 0.381. The quantitative estimate of drug-likeness (QED) is 0.763. The van der Waals surface area contributed by atoms with Crippen LogP contribution in [0, 0.1) is 0 Å². The van der Waals surface area contributed by atoms with Gasteiger partial charge in [-0.2, -0.15) is 0 Å². The molecule has 0 saturated heterocycles. The number of nitrogens with one attached hydrogen (secondary N) is 2. The monoisotopic (exact) mass is 389 g/mol. The van der Waals surface area contributed by atoms with Crippen LogP contribution >= 0.6 is 27.3 Å². The first-order chi connectivity index (χ1) is 10.0. The molecule has 0 unspecified atom stereocenters. The molecule has 2 rings (SSSR count). The Kier molecular flexibility index (Phi) is 5.74. The third-order valence-corrected chi connectivity index (χ3v) is 5.87. The van der Waals surface area contributed by atoms with Crippen molar-refractivity contribution in [3.63, 3.8) is 0 Å². The second-order valence-corrected chi connectivity index (χ2v) is 8.52. The second kappa shape index (κ2) is 7.35. The van der Waals surface area contributed by atoms with E-state index < -0.39 is 10.0 Å². The predicted molar refractivity (Wildman–Crippen MR) is 89.3 cm³/mol. The van der Waals surface area contributed by atoms with E-state index in [4.69, 9.17) is 0 Å². The van der Waals surface area contributed by atoms with Crippen LogP contribution in [0.5, 0.6) is 0 Å². The SMILES string of the molecule is CCNc1ncccc1S(=O)(=O)NCCc1ccc(Br)s1. The van der Waals surface area contributed by atoms with Crippen LogP contribution in [0.2, 0.25) is 0 Å². The fourth-order valence-electron chi connectivity index (χ4n) is 1.78. The smallest absolute Gasteiger partial charge is 0.244 e. The molecule has 0 bridgehead atoms. The van der Waals surface area contributed by atoms with E-state index in [1.54, 1.807) is 29.7 Å². The average molecular weight is 390 g/mol. The molecule has 2 heterocycles. The minimum atomic E-state index is -3.56. The summed E-state index contributed by atoms with van der Waals surface area (Å²) in [7, 11) is -3.56. The van der Waals surface area contributed by atoms with Crippen molar-refractivity contribution in [2.24, 2.45) is 0 Å². The molecule has 0 spiro atoms. The second-order valence-electron chi connectivity index (χ2n) is 4.23. The summed E-state index contributed by atoms with van der Waals surface area (Å²) in [5, 5.41) is 2.96. The summed E-state index contributed by atoms with van der Waals surface area (Å²) in [6.07, 6.45) is 2.23. The van der Waals surface area contributed by atoms with Crippen molar-refractivity contribution in [2.45, 2.75) is 18.2 Å². The highest BCUT2D eigenvalue weighted by Crippen LogP contribution is 2.22. The summed E-state index contributed by atoms with van der Waals surface area (Å²) in [6.45, 7) is 2.87. The number of hydrogen-bond donors (Lipinski definition) is 2. The number of nitrogens with zero attached hydrogens (tertiary/aromatic N) is 1. The highest BCUT2D eigenvalue weighted by atomic mass is 79.9. The molecule has 0 aromatic carbocycles. The van der Waals surface area contributed by atoms with E-state index in [0.29, 0.717) is 25.3 Å². The maximum atomic E-state index is 12.3. The summed E-state index contributed by atoms with van der Waals surface area (Å²) in [4.78, 5) is 5.38. The van der Waals surface area contributed by atoms with Gasteiger partial charge in [-0.3, -0.25) is 0 Å².